The fourth-order valence-electron chi connectivity index (χ4n) is 1.71. The van der Waals surface area contributed by atoms with Gasteiger partial charge >= 0.3 is 0 Å². The average Bonchev–Trinajstić information content (AvgIpc) is 2.38. The van der Waals surface area contributed by atoms with E-state index in [9.17, 15) is 4.79 Å². The predicted octanol–water partition coefficient (Wildman–Crippen LogP) is 5.09. The van der Waals surface area contributed by atoms with Crippen molar-refractivity contribution in [3.05, 3.63) is 61.1 Å². The third-order valence-corrected chi connectivity index (χ3v) is 4.71. The average molecular weight is 420 g/mol. The zero-order valence-corrected chi connectivity index (χ0v) is 14.4. The highest BCUT2D eigenvalue weighted by molar-refractivity contribution is 14.1. The smallest absolute Gasteiger partial charge is 0.228 e. The lowest BCUT2D eigenvalue weighted by molar-refractivity contribution is -0.115. The minimum absolute atomic E-state index is 0.0805. The molecule has 0 aliphatic rings. The lowest BCUT2D eigenvalue weighted by Gasteiger charge is -2.07. The number of aryl methyl sites for hydroxylation is 1. The SMILES string of the molecule is Cc1ccc(NC(=O)Cc2ccc(Cl)c(Cl)c2)cc1I. The highest BCUT2D eigenvalue weighted by atomic mass is 127. The molecule has 0 aromatic heterocycles. The molecule has 0 aliphatic carbocycles. The maximum Gasteiger partial charge on any atom is 0.228 e. The molecule has 0 bridgehead atoms. The quantitative estimate of drug-likeness (QED) is 0.690. The Bertz CT molecular complexity index is 603. The lowest BCUT2D eigenvalue weighted by Crippen LogP contribution is -2.14. The van der Waals surface area contributed by atoms with E-state index in [2.05, 4.69) is 27.9 Å². The summed E-state index contributed by atoms with van der Waals surface area (Å²) in [5.41, 5.74) is 2.82. The van der Waals surface area contributed by atoms with Gasteiger partial charge in [0.25, 0.3) is 0 Å². The van der Waals surface area contributed by atoms with Crippen molar-refractivity contribution in [2.24, 2.45) is 0 Å². The van der Waals surface area contributed by atoms with Crippen LogP contribution in [-0.2, 0) is 11.2 Å². The van der Waals surface area contributed by atoms with E-state index < -0.39 is 0 Å². The Kier molecular flexibility index (Phi) is 5.29. The van der Waals surface area contributed by atoms with Crippen LogP contribution in [0.1, 0.15) is 11.1 Å². The first-order valence-electron chi connectivity index (χ1n) is 5.95. The minimum Gasteiger partial charge on any atom is -0.326 e. The van der Waals surface area contributed by atoms with Gasteiger partial charge < -0.3 is 5.32 Å². The molecule has 0 heterocycles. The third kappa shape index (κ3) is 4.11. The number of nitrogens with one attached hydrogen (secondary N) is 1. The molecule has 2 aromatic rings. The van der Waals surface area contributed by atoms with Crippen LogP contribution >= 0.6 is 45.8 Å². The molecular formula is C15H12Cl2INO. The Morgan fingerprint density at radius 1 is 1.15 bits per heavy atom. The third-order valence-electron chi connectivity index (χ3n) is 2.80. The Balaban J connectivity index is 2.04. The molecule has 0 saturated carbocycles. The van der Waals surface area contributed by atoms with E-state index in [-0.39, 0.29) is 12.3 Å². The summed E-state index contributed by atoms with van der Waals surface area (Å²) in [5.74, 6) is -0.0805. The van der Waals surface area contributed by atoms with Crippen LogP contribution < -0.4 is 5.32 Å². The van der Waals surface area contributed by atoms with Crippen molar-refractivity contribution in [1.82, 2.24) is 0 Å². The second-order valence-electron chi connectivity index (χ2n) is 4.44. The second kappa shape index (κ2) is 6.78. The summed E-state index contributed by atoms with van der Waals surface area (Å²) in [5, 5.41) is 3.82. The second-order valence-corrected chi connectivity index (χ2v) is 6.41. The topological polar surface area (TPSA) is 29.1 Å². The van der Waals surface area contributed by atoms with Gasteiger partial charge in [0, 0.05) is 9.26 Å². The Morgan fingerprint density at radius 3 is 2.55 bits per heavy atom. The van der Waals surface area contributed by atoms with Crippen molar-refractivity contribution >= 4 is 57.4 Å². The fraction of sp³-hybridized carbons (Fsp3) is 0.133. The van der Waals surface area contributed by atoms with E-state index in [0.717, 1.165) is 14.8 Å². The van der Waals surface area contributed by atoms with Gasteiger partial charge in [-0.2, -0.15) is 0 Å². The molecule has 0 spiro atoms. The van der Waals surface area contributed by atoms with Crippen molar-refractivity contribution in [3.63, 3.8) is 0 Å². The van der Waals surface area contributed by atoms with Crippen LogP contribution in [0.15, 0.2) is 36.4 Å². The number of amides is 1. The van der Waals surface area contributed by atoms with Gasteiger partial charge in [0.1, 0.15) is 0 Å². The molecular weight excluding hydrogens is 408 g/mol. The van der Waals surface area contributed by atoms with Gasteiger partial charge in [-0.3, -0.25) is 4.79 Å². The number of rotatable bonds is 3. The Hall–Kier alpha value is -0.780. The molecule has 2 rings (SSSR count). The van der Waals surface area contributed by atoms with E-state index >= 15 is 0 Å². The number of carbonyl (C=O) groups excluding carboxylic acids is 1. The van der Waals surface area contributed by atoms with E-state index in [1.54, 1.807) is 18.2 Å². The van der Waals surface area contributed by atoms with Crippen molar-refractivity contribution < 1.29 is 4.79 Å². The van der Waals surface area contributed by atoms with Gasteiger partial charge in [-0.1, -0.05) is 35.3 Å². The maximum absolute atomic E-state index is 12.0. The van der Waals surface area contributed by atoms with Gasteiger partial charge in [-0.05, 0) is 64.9 Å². The zero-order valence-electron chi connectivity index (χ0n) is 10.7. The summed E-state index contributed by atoms with van der Waals surface area (Å²) in [6.45, 7) is 2.03. The first-order chi connectivity index (χ1) is 9.45. The van der Waals surface area contributed by atoms with Crippen LogP contribution in [0.5, 0.6) is 0 Å². The molecule has 2 nitrogen and oxygen atoms in total. The van der Waals surface area contributed by atoms with Gasteiger partial charge in [0.2, 0.25) is 5.91 Å². The lowest BCUT2D eigenvalue weighted by atomic mass is 10.1. The number of hydrogen-bond acceptors (Lipinski definition) is 1. The van der Waals surface area contributed by atoms with Gasteiger partial charge in [-0.15, -0.1) is 0 Å². The Morgan fingerprint density at radius 2 is 1.90 bits per heavy atom. The molecule has 0 radical (unpaired) electrons. The monoisotopic (exact) mass is 419 g/mol. The van der Waals surface area contributed by atoms with Crippen LogP contribution in [0.3, 0.4) is 0 Å². The van der Waals surface area contributed by atoms with Crippen molar-refractivity contribution in [3.8, 4) is 0 Å². The summed E-state index contributed by atoms with van der Waals surface area (Å²) in [6, 6.07) is 11.0. The van der Waals surface area contributed by atoms with E-state index in [0.29, 0.717) is 10.0 Å². The molecule has 0 fully saturated rings. The number of benzene rings is 2. The van der Waals surface area contributed by atoms with Gasteiger partial charge in [0.05, 0.1) is 16.5 Å². The molecule has 0 atom stereocenters. The number of hydrogen-bond donors (Lipinski definition) is 1. The first kappa shape index (κ1) is 15.6. The standard InChI is InChI=1S/C15H12Cl2INO/c1-9-2-4-11(8-14(9)18)19-15(20)7-10-3-5-12(16)13(17)6-10/h2-6,8H,7H2,1H3,(H,19,20). The number of halogens is 3. The van der Waals surface area contributed by atoms with Crippen LogP contribution in [0.2, 0.25) is 10.0 Å². The zero-order chi connectivity index (χ0) is 14.7. The number of carbonyl (C=O) groups is 1. The fourth-order valence-corrected chi connectivity index (χ4v) is 2.55. The van der Waals surface area contributed by atoms with Crippen molar-refractivity contribution in [2.45, 2.75) is 13.3 Å². The van der Waals surface area contributed by atoms with Gasteiger partial charge in [-0.25, -0.2) is 0 Å². The molecule has 2 aromatic carbocycles. The summed E-state index contributed by atoms with van der Waals surface area (Å²) in [6.07, 6.45) is 0.265. The largest absolute Gasteiger partial charge is 0.326 e. The molecule has 20 heavy (non-hydrogen) atoms. The summed E-state index contributed by atoms with van der Waals surface area (Å²) in [7, 11) is 0. The first-order valence-corrected chi connectivity index (χ1v) is 7.79. The highest BCUT2D eigenvalue weighted by Gasteiger charge is 2.07. The van der Waals surface area contributed by atoms with Crippen LogP contribution in [0.4, 0.5) is 5.69 Å². The van der Waals surface area contributed by atoms with E-state index in [1.165, 1.54) is 5.56 Å². The minimum atomic E-state index is -0.0805. The summed E-state index contributed by atoms with van der Waals surface area (Å²) in [4.78, 5) is 12.0. The Labute approximate surface area is 141 Å². The van der Waals surface area contributed by atoms with Gasteiger partial charge in [0.15, 0.2) is 0 Å². The molecule has 0 unspecified atom stereocenters. The maximum atomic E-state index is 12.0. The van der Waals surface area contributed by atoms with Crippen LogP contribution in [0.25, 0.3) is 0 Å². The number of anilines is 1. The van der Waals surface area contributed by atoms with Crippen LogP contribution in [0, 0.1) is 10.5 Å². The van der Waals surface area contributed by atoms with Crippen molar-refractivity contribution in [1.29, 1.82) is 0 Å². The molecule has 5 heteroatoms. The van der Waals surface area contributed by atoms with Crippen molar-refractivity contribution in [2.75, 3.05) is 5.32 Å². The summed E-state index contributed by atoms with van der Waals surface area (Å²) >= 11 is 14.0. The molecule has 104 valence electrons. The molecule has 0 saturated heterocycles. The molecule has 1 amide bonds. The highest BCUT2D eigenvalue weighted by Crippen LogP contribution is 2.23. The normalized spacial score (nSPS) is 10.4. The summed E-state index contributed by atoms with van der Waals surface area (Å²) < 4.78 is 1.12. The molecule has 1 N–H and O–H groups in total. The van der Waals surface area contributed by atoms with E-state index in [1.807, 2.05) is 25.1 Å². The van der Waals surface area contributed by atoms with E-state index in [4.69, 9.17) is 23.2 Å². The predicted molar refractivity (Wildman–Crippen MR) is 92.7 cm³/mol. The molecule has 0 aliphatic heterocycles. The van der Waals surface area contributed by atoms with Crippen LogP contribution in [-0.4, -0.2) is 5.91 Å².